The molecule has 1 atom stereocenters. The van der Waals surface area contributed by atoms with E-state index < -0.39 is 11.5 Å². The average Bonchev–Trinajstić information content (AvgIpc) is 3.07. The van der Waals surface area contributed by atoms with Crippen LogP contribution in [-0.4, -0.2) is 35.1 Å². The maximum atomic E-state index is 12.1. The largest absolute Gasteiger partial charge is 0.376 e. The number of carbonyl (C=O) groups is 1. The van der Waals surface area contributed by atoms with Crippen LogP contribution in [0.2, 0.25) is 0 Å². The van der Waals surface area contributed by atoms with Crippen molar-refractivity contribution in [2.75, 3.05) is 13.2 Å². The zero-order valence-corrected chi connectivity index (χ0v) is 12.0. The van der Waals surface area contributed by atoms with E-state index in [9.17, 15) is 9.59 Å². The number of ether oxygens (including phenoxy) is 1. The van der Waals surface area contributed by atoms with Crippen LogP contribution in [-0.2, 0) is 4.74 Å². The molecule has 3 rings (SSSR count). The van der Waals surface area contributed by atoms with Gasteiger partial charge in [-0.25, -0.2) is 4.98 Å². The average molecular weight is 299 g/mol. The van der Waals surface area contributed by atoms with Crippen LogP contribution >= 0.6 is 0 Å². The van der Waals surface area contributed by atoms with E-state index in [4.69, 9.17) is 4.74 Å². The molecule has 1 aliphatic heterocycles. The summed E-state index contributed by atoms with van der Waals surface area (Å²) >= 11 is 0. The monoisotopic (exact) mass is 299 g/mol. The first-order chi connectivity index (χ1) is 10.7. The highest BCUT2D eigenvalue weighted by Crippen LogP contribution is 2.12. The molecule has 0 bridgehead atoms. The second-order valence-electron chi connectivity index (χ2n) is 5.19. The molecule has 1 amide bonds. The van der Waals surface area contributed by atoms with Crippen molar-refractivity contribution < 1.29 is 9.53 Å². The molecule has 1 fully saturated rings. The second-order valence-corrected chi connectivity index (χ2v) is 5.19. The lowest BCUT2D eigenvalue weighted by Gasteiger charge is -2.10. The van der Waals surface area contributed by atoms with Crippen molar-refractivity contribution in [2.45, 2.75) is 18.9 Å². The van der Waals surface area contributed by atoms with Gasteiger partial charge in [-0.05, 0) is 12.8 Å². The van der Waals surface area contributed by atoms with E-state index in [1.165, 1.54) is 6.20 Å². The molecule has 1 aromatic heterocycles. The van der Waals surface area contributed by atoms with E-state index in [-0.39, 0.29) is 11.7 Å². The van der Waals surface area contributed by atoms with Gasteiger partial charge in [0.2, 0.25) is 0 Å². The number of aromatic nitrogens is 2. The highest BCUT2D eigenvalue weighted by molar-refractivity contribution is 5.93. The Morgan fingerprint density at radius 3 is 2.86 bits per heavy atom. The van der Waals surface area contributed by atoms with Gasteiger partial charge in [-0.1, -0.05) is 30.3 Å². The van der Waals surface area contributed by atoms with Crippen LogP contribution in [0.4, 0.5) is 0 Å². The molecular weight excluding hydrogens is 282 g/mol. The molecule has 6 heteroatoms. The molecular formula is C16H17N3O3. The number of nitrogens with zero attached hydrogens (tertiary/aromatic N) is 1. The maximum absolute atomic E-state index is 12.1. The lowest BCUT2D eigenvalue weighted by atomic mass is 10.2. The summed E-state index contributed by atoms with van der Waals surface area (Å²) in [6.45, 7) is 1.15. The minimum atomic E-state index is -0.446. The Bertz CT molecular complexity index is 706. The SMILES string of the molecule is O=C(NC[C@@H]1CCCO1)c1cnc(-c2ccccc2)[nH]c1=O. The van der Waals surface area contributed by atoms with Crippen LogP contribution in [0.1, 0.15) is 23.2 Å². The van der Waals surface area contributed by atoms with Crippen LogP contribution in [0.5, 0.6) is 0 Å². The fourth-order valence-corrected chi connectivity index (χ4v) is 2.41. The first kappa shape index (κ1) is 14.5. The summed E-state index contributed by atoms with van der Waals surface area (Å²) < 4.78 is 5.43. The molecule has 2 heterocycles. The van der Waals surface area contributed by atoms with E-state index in [1.54, 1.807) is 0 Å². The van der Waals surface area contributed by atoms with Gasteiger partial charge in [0.25, 0.3) is 11.5 Å². The smallest absolute Gasteiger partial charge is 0.264 e. The summed E-state index contributed by atoms with van der Waals surface area (Å²) in [6.07, 6.45) is 3.29. The number of H-pyrrole nitrogens is 1. The number of rotatable bonds is 4. The predicted molar refractivity (Wildman–Crippen MR) is 81.6 cm³/mol. The van der Waals surface area contributed by atoms with Gasteiger partial charge in [-0.15, -0.1) is 0 Å². The number of amides is 1. The molecule has 1 aliphatic rings. The van der Waals surface area contributed by atoms with Crippen LogP contribution < -0.4 is 10.9 Å². The van der Waals surface area contributed by atoms with Crippen LogP contribution in [0.25, 0.3) is 11.4 Å². The Morgan fingerprint density at radius 2 is 2.18 bits per heavy atom. The molecule has 2 N–H and O–H groups in total. The summed E-state index contributed by atoms with van der Waals surface area (Å²) in [5, 5.41) is 2.72. The Morgan fingerprint density at radius 1 is 1.36 bits per heavy atom. The van der Waals surface area contributed by atoms with Crippen LogP contribution in [0, 0.1) is 0 Å². The maximum Gasteiger partial charge on any atom is 0.264 e. The molecule has 1 aromatic carbocycles. The summed E-state index contributed by atoms with van der Waals surface area (Å²) in [4.78, 5) is 30.9. The van der Waals surface area contributed by atoms with E-state index in [2.05, 4.69) is 15.3 Å². The third-order valence-electron chi connectivity index (χ3n) is 3.61. The first-order valence-electron chi connectivity index (χ1n) is 7.28. The molecule has 22 heavy (non-hydrogen) atoms. The van der Waals surface area contributed by atoms with Crippen LogP contribution in [0.15, 0.2) is 41.3 Å². The van der Waals surface area contributed by atoms with Crippen molar-refractivity contribution in [3.63, 3.8) is 0 Å². The summed E-state index contributed by atoms with van der Waals surface area (Å²) in [5.41, 5.74) is 0.363. The Labute approximate surface area is 127 Å². The van der Waals surface area contributed by atoms with Gasteiger partial charge >= 0.3 is 0 Å². The number of aromatic amines is 1. The lowest BCUT2D eigenvalue weighted by molar-refractivity contribution is 0.0856. The summed E-state index contributed by atoms with van der Waals surface area (Å²) in [6, 6.07) is 9.29. The molecule has 0 spiro atoms. The van der Waals surface area contributed by atoms with E-state index in [0.717, 1.165) is 25.0 Å². The Balaban J connectivity index is 1.71. The second kappa shape index (κ2) is 6.53. The van der Waals surface area contributed by atoms with Gasteiger partial charge in [-0.2, -0.15) is 0 Å². The number of hydrogen-bond acceptors (Lipinski definition) is 4. The quantitative estimate of drug-likeness (QED) is 0.892. The molecule has 114 valence electrons. The van der Waals surface area contributed by atoms with Crippen molar-refractivity contribution in [1.82, 2.24) is 15.3 Å². The molecule has 1 saturated heterocycles. The molecule has 0 unspecified atom stereocenters. The van der Waals surface area contributed by atoms with E-state index in [1.807, 2.05) is 30.3 Å². The summed E-state index contributed by atoms with van der Waals surface area (Å²) in [5.74, 6) is 0.0186. The van der Waals surface area contributed by atoms with Gasteiger partial charge in [0.05, 0.1) is 6.10 Å². The fourth-order valence-electron chi connectivity index (χ4n) is 2.41. The highest BCUT2D eigenvalue weighted by Gasteiger charge is 2.18. The minimum absolute atomic E-state index is 0.0117. The molecule has 2 aromatic rings. The number of carbonyl (C=O) groups excluding carboxylic acids is 1. The zero-order chi connectivity index (χ0) is 15.4. The van der Waals surface area contributed by atoms with Crippen molar-refractivity contribution >= 4 is 5.91 Å². The van der Waals surface area contributed by atoms with E-state index >= 15 is 0 Å². The van der Waals surface area contributed by atoms with Crippen LogP contribution in [0.3, 0.4) is 0 Å². The number of nitrogens with one attached hydrogen (secondary N) is 2. The lowest BCUT2D eigenvalue weighted by Crippen LogP contribution is -2.35. The normalized spacial score (nSPS) is 17.4. The standard InChI is InChI=1S/C16H17N3O3/c20-15(18-9-12-7-4-8-22-12)13-10-17-14(19-16(13)21)11-5-2-1-3-6-11/h1-3,5-6,10,12H,4,7-9H2,(H,18,20)(H,17,19,21)/t12-/m0/s1. The first-order valence-corrected chi connectivity index (χ1v) is 7.28. The number of benzene rings is 1. The molecule has 6 nitrogen and oxygen atoms in total. The predicted octanol–water partition coefficient (Wildman–Crippen LogP) is 1.35. The Kier molecular flexibility index (Phi) is 4.29. The Hall–Kier alpha value is -2.47. The third kappa shape index (κ3) is 3.23. The molecule has 0 saturated carbocycles. The van der Waals surface area contributed by atoms with Gasteiger partial charge in [0, 0.05) is 24.9 Å². The van der Waals surface area contributed by atoms with Crippen molar-refractivity contribution in [3.05, 3.63) is 52.4 Å². The number of hydrogen-bond donors (Lipinski definition) is 2. The molecule has 0 radical (unpaired) electrons. The van der Waals surface area contributed by atoms with Crippen molar-refractivity contribution in [2.24, 2.45) is 0 Å². The van der Waals surface area contributed by atoms with Gasteiger partial charge in [0.15, 0.2) is 0 Å². The van der Waals surface area contributed by atoms with Crippen molar-refractivity contribution in [1.29, 1.82) is 0 Å². The fraction of sp³-hybridized carbons (Fsp3) is 0.312. The minimum Gasteiger partial charge on any atom is -0.376 e. The molecule has 0 aliphatic carbocycles. The van der Waals surface area contributed by atoms with Gasteiger partial charge < -0.3 is 15.0 Å². The zero-order valence-electron chi connectivity index (χ0n) is 12.0. The highest BCUT2D eigenvalue weighted by atomic mass is 16.5. The third-order valence-corrected chi connectivity index (χ3v) is 3.61. The van der Waals surface area contributed by atoms with Gasteiger partial charge in [-0.3, -0.25) is 9.59 Å². The van der Waals surface area contributed by atoms with Gasteiger partial charge in [0.1, 0.15) is 11.4 Å². The van der Waals surface area contributed by atoms with E-state index in [0.29, 0.717) is 12.4 Å². The topological polar surface area (TPSA) is 84.1 Å². The van der Waals surface area contributed by atoms with Crippen molar-refractivity contribution in [3.8, 4) is 11.4 Å². The summed E-state index contributed by atoms with van der Waals surface area (Å²) in [7, 11) is 0.